The molecule has 2 unspecified atom stereocenters. The molecule has 0 aliphatic heterocycles. The van der Waals surface area contributed by atoms with Crippen LogP contribution in [0.3, 0.4) is 0 Å². The van der Waals surface area contributed by atoms with Crippen LogP contribution in [0.2, 0.25) is 0 Å². The fourth-order valence-corrected chi connectivity index (χ4v) is 2.98. The zero-order valence-corrected chi connectivity index (χ0v) is 12.3. The molecule has 0 aliphatic carbocycles. The topological polar surface area (TPSA) is 121 Å². The van der Waals surface area contributed by atoms with Gasteiger partial charge in [0, 0.05) is 6.42 Å². The zero-order chi connectivity index (χ0) is 16.0. The van der Waals surface area contributed by atoms with Gasteiger partial charge in [0.15, 0.2) is 6.10 Å². The first-order chi connectivity index (χ1) is 9.69. The second kappa shape index (κ2) is 7.36. The molecular formula is C13H17O7P. The fraction of sp³-hybridized carbons (Fsp3) is 0.385. The molecule has 21 heavy (non-hydrogen) atoms. The maximum atomic E-state index is 12.0. The molecule has 0 heterocycles. The van der Waals surface area contributed by atoms with Gasteiger partial charge in [-0.15, -0.1) is 0 Å². The highest BCUT2D eigenvalue weighted by Crippen LogP contribution is 2.47. The third-order valence-electron chi connectivity index (χ3n) is 2.69. The number of aliphatic carboxylic acids is 2. The first-order valence-corrected chi connectivity index (χ1v) is 7.96. The molecule has 0 radical (unpaired) electrons. The summed E-state index contributed by atoms with van der Waals surface area (Å²) in [6, 6.07) is 6.81. The van der Waals surface area contributed by atoms with Gasteiger partial charge >= 0.3 is 19.5 Å². The van der Waals surface area contributed by atoms with E-state index in [2.05, 4.69) is 0 Å². The first-order valence-electron chi connectivity index (χ1n) is 6.20. The Bertz CT molecular complexity index is 552. The fourth-order valence-electron chi connectivity index (χ4n) is 1.64. The Kier molecular flexibility index (Phi) is 6.08. The summed E-state index contributed by atoms with van der Waals surface area (Å²) in [4.78, 5) is 31.1. The van der Waals surface area contributed by atoms with Crippen LogP contribution < -0.4 is 0 Å². The van der Waals surface area contributed by atoms with Crippen molar-refractivity contribution in [2.24, 2.45) is 0 Å². The van der Waals surface area contributed by atoms with Gasteiger partial charge in [-0.3, -0.25) is 13.9 Å². The maximum Gasteiger partial charge on any atom is 0.333 e. The molecule has 0 saturated carbocycles. The maximum absolute atomic E-state index is 12.0. The Balaban J connectivity index is 2.71. The summed E-state index contributed by atoms with van der Waals surface area (Å²) in [7, 11) is -4.17. The van der Waals surface area contributed by atoms with Crippen molar-refractivity contribution in [3.8, 4) is 0 Å². The largest absolute Gasteiger partial charge is 0.481 e. The lowest BCUT2D eigenvalue weighted by Crippen LogP contribution is -2.24. The standard InChI is InChI=1S/C13H17O7P/c1-9-2-4-10(5-3-9)8-21(18,19)20-11(13(16)17)6-7-12(14)15/h2-5,11H,6-8H2,1H3,(H,14,15)(H,16,17)(H,18,19). The minimum atomic E-state index is -4.17. The summed E-state index contributed by atoms with van der Waals surface area (Å²) in [5.74, 6) is -2.66. The van der Waals surface area contributed by atoms with E-state index in [0.29, 0.717) is 5.56 Å². The van der Waals surface area contributed by atoms with Crippen LogP contribution in [0.1, 0.15) is 24.0 Å². The van der Waals surface area contributed by atoms with Crippen LogP contribution in [0.25, 0.3) is 0 Å². The lowest BCUT2D eigenvalue weighted by Gasteiger charge is -2.17. The quantitative estimate of drug-likeness (QED) is 0.627. The molecule has 0 spiro atoms. The molecular weight excluding hydrogens is 299 g/mol. The second-order valence-electron chi connectivity index (χ2n) is 4.65. The van der Waals surface area contributed by atoms with Crippen LogP contribution in [-0.4, -0.2) is 33.1 Å². The lowest BCUT2D eigenvalue weighted by atomic mass is 10.2. The van der Waals surface area contributed by atoms with Gasteiger partial charge in [-0.25, -0.2) is 4.79 Å². The number of carboxylic acids is 2. The third-order valence-corrected chi connectivity index (χ3v) is 4.04. The van der Waals surface area contributed by atoms with Crippen molar-refractivity contribution in [3.63, 3.8) is 0 Å². The number of benzene rings is 1. The molecule has 116 valence electrons. The SMILES string of the molecule is Cc1ccc(CP(=O)(O)OC(CCC(=O)O)C(=O)O)cc1. The Labute approximate surface area is 121 Å². The molecule has 0 fully saturated rings. The molecule has 3 N–H and O–H groups in total. The van der Waals surface area contributed by atoms with Crippen LogP contribution in [0.5, 0.6) is 0 Å². The van der Waals surface area contributed by atoms with Gasteiger partial charge in [0.25, 0.3) is 0 Å². The summed E-state index contributed by atoms with van der Waals surface area (Å²) in [6.45, 7) is 1.87. The average molecular weight is 316 g/mol. The Morgan fingerprint density at radius 3 is 2.29 bits per heavy atom. The number of rotatable bonds is 8. The highest BCUT2D eigenvalue weighted by Gasteiger charge is 2.30. The number of hydrogen-bond acceptors (Lipinski definition) is 4. The van der Waals surface area contributed by atoms with E-state index in [1.54, 1.807) is 24.3 Å². The minimum Gasteiger partial charge on any atom is -0.481 e. The number of carboxylic acid groups (broad SMARTS) is 2. The smallest absolute Gasteiger partial charge is 0.333 e. The van der Waals surface area contributed by atoms with Crippen molar-refractivity contribution >= 4 is 19.5 Å². The highest BCUT2D eigenvalue weighted by atomic mass is 31.2. The van der Waals surface area contributed by atoms with Crippen molar-refractivity contribution in [1.29, 1.82) is 0 Å². The molecule has 2 atom stereocenters. The van der Waals surface area contributed by atoms with E-state index in [-0.39, 0.29) is 12.6 Å². The van der Waals surface area contributed by atoms with Crippen LogP contribution in [-0.2, 0) is 24.8 Å². The zero-order valence-electron chi connectivity index (χ0n) is 11.4. The van der Waals surface area contributed by atoms with E-state index in [1.807, 2.05) is 6.92 Å². The van der Waals surface area contributed by atoms with Gasteiger partial charge in [0.1, 0.15) is 0 Å². The van der Waals surface area contributed by atoms with Crippen molar-refractivity contribution in [2.75, 3.05) is 0 Å². The number of hydrogen-bond donors (Lipinski definition) is 3. The van der Waals surface area contributed by atoms with E-state index in [9.17, 15) is 19.0 Å². The normalized spacial score (nSPS) is 15.1. The molecule has 0 aromatic heterocycles. The predicted molar refractivity (Wildman–Crippen MR) is 74.1 cm³/mol. The van der Waals surface area contributed by atoms with Gasteiger partial charge in [-0.1, -0.05) is 29.8 Å². The van der Waals surface area contributed by atoms with E-state index in [4.69, 9.17) is 14.7 Å². The predicted octanol–water partition coefficient (Wildman–Crippen LogP) is 2.02. The van der Waals surface area contributed by atoms with Gasteiger partial charge in [-0.05, 0) is 18.9 Å². The van der Waals surface area contributed by atoms with Gasteiger partial charge in [-0.2, -0.15) is 0 Å². The van der Waals surface area contributed by atoms with Crippen LogP contribution in [0, 0.1) is 6.92 Å². The van der Waals surface area contributed by atoms with E-state index >= 15 is 0 Å². The summed E-state index contributed by atoms with van der Waals surface area (Å²) >= 11 is 0. The first kappa shape index (κ1) is 17.4. The summed E-state index contributed by atoms with van der Waals surface area (Å²) in [6.07, 6.45) is -2.78. The number of aryl methyl sites for hydroxylation is 1. The molecule has 0 aliphatic rings. The van der Waals surface area contributed by atoms with Crippen molar-refractivity contribution < 1.29 is 33.8 Å². The van der Waals surface area contributed by atoms with E-state index in [0.717, 1.165) is 5.56 Å². The van der Waals surface area contributed by atoms with E-state index in [1.165, 1.54) is 0 Å². The van der Waals surface area contributed by atoms with Crippen molar-refractivity contribution in [2.45, 2.75) is 32.0 Å². The minimum absolute atomic E-state index is 0.329. The summed E-state index contributed by atoms with van der Waals surface area (Å²) in [5, 5.41) is 17.4. The molecule has 0 saturated heterocycles. The van der Waals surface area contributed by atoms with Crippen LogP contribution in [0.15, 0.2) is 24.3 Å². The molecule has 7 nitrogen and oxygen atoms in total. The molecule has 8 heteroatoms. The summed E-state index contributed by atoms with van der Waals surface area (Å²) in [5.41, 5.74) is 1.52. The molecule has 1 rings (SSSR count). The van der Waals surface area contributed by atoms with Crippen molar-refractivity contribution in [3.05, 3.63) is 35.4 Å². The van der Waals surface area contributed by atoms with Gasteiger partial charge in [0.05, 0.1) is 6.16 Å². The lowest BCUT2D eigenvalue weighted by molar-refractivity contribution is -0.146. The number of carbonyl (C=O) groups is 2. The van der Waals surface area contributed by atoms with Crippen LogP contribution >= 0.6 is 7.60 Å². The van der Waals surface area contributed by atoms with Crippen LogP contribution in [0.4, 0.5) is 0 Å². The Morgan fingerprint density at radius 2 is 1.81 bits per heavy atom. The van der Waals surface area contributed by atoms with E-state index < -0.39 is 32.1 Å². The van der Waals surface area contributed by atoms with Gasteiger partial charge in [0.2, 0.25) is 0 Å². The van der Waals surface area contributed by atoms with Crippen molar-refractivity contribution in [1.82, 2.24) is 0 Å². The Hall–Kier alpha value is -1.69. The average Bonchev–Trinajstić information content (AvgIpc) is 2.36. The molecule has 1 aromatic carbocycles. The second-order valence-corrected chi connectivity index (χ2v) is 6.45. The monoisotopic (exact) mass is 316 g/mol. The molecule has 0 bridgehead atoms. The summed E-state index contributed by atoms with van der Waals surface area (Å²) < 4.78 is 16.7. The highest BCUT2D eigenvalue weighted by molar-refractivity contribution is 7.52. The van der Waals surface area contributed by atoms with Gasteiger partial charge < -0.3 is 15.1 Å². The molecule has 0 amide bonds. The molecule has 1 aromatic rings. The Morgan fingerprint density at radius 1 is 1.24 bits per heavy atom. The third kappa shape index (κ3) is 6.53.